The Kier molecular flexibility index (Phi) is 4.80. The second-order valence-electron chi connectivity index (χ2n) is 5.31. The monoisotopic (exact) mass is 269 g/mol. The zero-order valence-electron chi connectivity index (χ0n) is 12.5. The standard InChI is InChI=1S/C18H23NO/c1-4-15-7-11-17(12-8-15)20-18(14(3)19)16-9-5-13(2)6-10-16/h5-12,14,18H,4,19H2,1-3H3. The van der Waals surface area contributed by atoms with Gasteiger partial charge in [0.25, 0.3) is 0 Å². The highest BCUT2D eigenvalue weighted by atomic mass is 16.5. The van der Waals surface area contributed by atoms with Crippen LogP contribution < -0.4 is 10.5 Å². The first-order valence-corrected chi connectivity index (χ1v) is 7.18. The molecule has 2 unspecified atom stereocenters. The summed E-state index contributed by atoms with van der Waals surface area (Å²) in [6.07, 6.45) is 0.915. The fourth-order valence-electron chi connectivity index (χ4n) is 2.19. The molecule has 0 heterocycles. The van der Waals surface area contributed by atoms with E-state index in [1.165, 1.54) is 11.1 Å². The maximum Gasteiger partial charge on any atom is 0.138 e. The Morgan fingerprint density at radius 2 is 1.60 bits per heavy atom. The molecule has 0 saturated carbocycles. The fraction of sp³-hybridized carbons (Fsp3) is 0.333. The number of benzene rings is 2. The number of hydrogen-bond acceptors (Lipinski definition) is 2. The summed E-state index contributed by atoms with van der Waals surface area (Å²) in [5.41, 5.74) is 9.75. The molecule has 0 spiro atoms. The SMILES string of the molecule is CCc1ccc(OC(c2ccc(C)cc2)C(C)N)cc1. The molecule has 2 atom stereocenters. The third kappa shape index (κ3) is 3.61. The predicted molar refractivity (Wildman–Crippen MR) is 84.0 cm³/mol. The van der Waals surface area contributed by atoms with Gasteiger partial charge in [0.15, 0.2) is 0 Å². The van der Waals surface area contributed by atoms with E-state index in [4.69, 9.17) is 10.5 Å². The van der Waals surface area contributed by atoms with Crippen LogP contribution in [0.2, 0.25) is 0 Å². The van der Waals surface area contributed by atoms with Crippen molar-refractivity contribution < 1.29 is 4.74 Å². The molecule has 0 amide bonds. The summed E-state index contributed by atoms with van der Waals surface area (Å²) < 4.78 is 6.08. The quantitative estimate of drug-likeness (QED) is 0.889. The number of aryl methyl sites for hydroxylation is 2. The highest BCUT2D eigenvalue weighted by Gasteiger charge is 2.18. The van der Waals surface area contributed by atoms with Gasteiger partial charge < -0.3 is 10.5 Å². The minimum Gasteiger partial charge on any atom is -0.484 e. The molecule has 0 saturated heterocycles. The molecule has 0 aliphatic heterocycles. The molecular weight excluding hydrogens is 246 g/mol. The van der Waals surface area contributed by atoms with Crippen LogP contribution in [0.5, 0.6) is 5.75 Å². The highest BCUT2D eigenvalue weighted by Crippen LogP contribution is 2.25. The van der Waals surface area contributed by atoms with Gasteiger partial charge in [-0.3, -0.25) is 0 Å². The molecule has 0 aliphatic rings. The van der Waals surface area contributed by atoms with Crippen molar-refractivity contribution in [2.24, 2.45) is 5.73 Å². The number of rotatable bonds is 5. The van der Waals surface area contributed by atoms with E-state index in [1.807, 2.05) is 19.1 Å². The molecule has 0 fully saturated rings. The molecule has 20 heavy (non-hydrogen) atoms. The minimum atomic E-state index is -0.122. The second kappa shape index (κ2) is 6.58. The Morgan fingerprint density at radius 1 is 1.00 bits per heavy atom. The van der Waals surface area contributed by atoms with Crippen molar-refractivity contribution in [3.8, 4) is 5.75 Å². The molecule has 0 aromatic heterocycles. The summed E-state index contributed by atoms with van der Waals surface area (Å²) in [4.78, 5) is 0. The average molecular weight is 269 g/mol. The fourth-order valence-corrected chi connectivity index (χ4v) is 2.19. The number of nitrogens with two attached hydrogens (primary N) is 1. The number of hydrogen-bond donors (Lipinski definition) is 1. The smallest absolute Gasteiger partial charge is 0.138 e. The van der Waals surface area contributed by atoms with Gasteiger partial charge in [-0.25, -0.2) is 0 Å². The van der Waals surface area contributed by atoms with Gasteiger partial charge in [0, 0.05) is 6.04 Å². The molecule has 2 aromatic carbocycles. The Bertz CT molecular complexity index is 528. The van der Waals surface area contributed by atoms with Crippen LogP contribution in [0, 0.1) is 6.92 Å². The molecule has 0 radical (unpaired) electrons. The van der Waals surface area contributed by atoms with E-state index in [0.717, 1.165) is 17.7 Å². The van der Waals surface area contributed by atoms with Crippen molar-refractivity contribution in [1.82, 2.24) is 0 Å². The summed E-state index contributed by atoms with van der Waals surface area (Å²) in [6, 6.07) is 16.5. The van der Waals surface area contributed by atoms with Crippen LogP contribution in [-0.4, -0.2) is 6.04 Å². The lowest BCUT2D eigenvalue weighted by atomic mass is 10.0. The largest absolute Gasteiger partial charge is 0.484 e. The zero-order chi connectivity index (χ0) is 14.5. The van der Waals surface area contributed by atoms with E-state index in [9.17, 15) is 0 Å². The van der Waals surface area contributed by atoms with Gasteiger partial charge in [-0.1, -0.05) is 48.9 Å². The van der Waals surface area contributed by atoms with Crippen LogP contribution in [0.4, 0.5) is 0 Å². The molecule has 2 N–H and O–H groups in total. The van der Waals surface area contributed by atoms with Crippen LogP contribution in [0.15, 0.2) is 48.5 Å². The van der Waals surface area contributed by atoms with Crippen LogP contribution in [0.1, 0.15) is 36.6 Å². The van der Waals surface area contributed by atoms with Gasteiger partial charge in [-0.15, -0.1) is 0 Å². The van der Waals surface area contributed by atoms with Crippen molar-refractivity contribution in [2.75, 3.05) is 0 Å². The van der Waals surface area contributed by atoms with Gasteiger partial charge in [0.2, 0.25) is 0 Å². The van der Waals surface area contributed by atoms with E-state index in [2.05, 4.69) is 50.2 Å². The first-order valence-electron chi connectivity index (χ1n) is 7.18. The molecule has 2 aromatic rings. The van der Waals surface area contributed by atoms with Gasteiger partial charge >= 0.3 is 0 Å². The van der Waals surface area contributed by atoms with E-state index < -0.39 is 0 Å². The van der Waals surface area contributed by atoms with Crippen LogP contribution in [-0.2, 0) is 6.42 Å². The van der Waals surface area contributed by atoms with Gasteiger partial charge in [-0.05, 0) is 43.5 Å². The maximum absolute atomic E-state index is 6.09. The van der Waals surface area contributed by atoms with Crippen molar-refractivity contribution in [3.05, 3.63) is 65.2 Å². The molecule has 0 bridgehead atoms. The maximum atomic E-state index is 6.09. The molecule has 2 heteroatoms. The highest BCUT2D eigenvalue weighted by molar-refractivity contribution is 5.30. The van der Waals surface area contributed by atoms with E-state index in [0.29, 0.717) is 0 Å². The molecule has 2 nitrogen and oxygen atoms in total. The Hall–Kier alpha value is -1.80. The second-order valence-corrected chi connectivity index (χ2v) is 5.31. The normalized spacial score (nSPS) is 13.8. The van der Waals surface area contributed by atoms with Crippen molar-refractivity contribution in [2.45, 2.75) is 39.3 Å². The average Bonchev–Trinajstić information content (AvgIpc) is 2.46. The summed E-state index contributed by atoms with van der Waals surface area (Å²) in [5.74, 6) is 0.866. The minimum absolute atomic E-state index is 0.0662. The first kappa shape index (κ1) is 14.6. The Morgan fingerprint density at radius 3 is 2.10 bits per heavy atom. The summed E-state index contributed by atoms with van der Waals surface area (Å²) in [6.45, 7) is 6.20. The lowest BCUT2D eigenvalue weighted by molar-refractivity contribution is 0.180. The molecule has 106 valence electrons. The van der Waals surface area contributed by atoms with E-state index in [1.54, 1.807) is 0 Å². The molecule has 2 rings (SSSR count). The zero-order valence-corrected chi connectivity index (χ0v) is 12.5. The van der Waals surface area contributed by atoms with Gasteiger partial charge in [-0.2, -0.15) is 0 Å². The van der Waals surface area contributed by atoms with Crippen molar-refractivity contribution in [1.29, 1.82) is 0 Å². The molecular formula is C18H23NO. The van der Waals surface area contributed by atoms with E-state index >= 15 is 0 Å². The van der Waals surface area contributed by atoms with E-state index in [-0.39, 0.29) is 12.1 Å². The summed E-state index contributed by atoms with van der Waals surface area (Å²) in [7, 11) is 0. The predicted octanol–water partition coefficient (Wildman–Crippen LogP) is 4.02. The first-order chi connectivity index (χ1) is 9.60. The lowest BCUT2D eigenvalue weighted by Gasteiger charge is -2.23. The Labute approximate surface area is 121 Å². The van der Waals surface area contributed by atoms with Crippen LogP contribution in [0.25, 0.3) is 0 Å². The topological polar surface area (TPSA) is 35.2 Å². The third-order valence-electron chi connectivity index (χ3n) is 3.48. The number of ether oxygens (including phenoxy) is 1. The Balaban J connectivity index is 2.18. The van der Waals surface area contributed by atoms with Crippen molar-refractivity contribution in [3.63, 3.8) is 0 Å². The summed E-state index contributed by atoms with van der Waals surface area (Å²) in [5, 5.41) is 0. The van der Waals surface area contributed by atoms with Gasteiger partial charge in [0.1, 0.15) is 11.9 Å². The van der Waals surface area contributed by atoms with Crippen LogP contribution >= 0.6 is 0 Å². The molecule has 0 aliphatic carbocycles. The lowest BCUT2D eigenvalue weighted by Crippen LogP contribution is -2.29. The van der Waals surface area contributed by atoms with Crippen molar-refractivity contribution >= 4 is 0 Å². The van der Waals surface area contributed by atoms with Crippen LogP contribution in [0.3, 0.4) is 0 Å². The third-order valence-corrected chi connectivity index (χ3v) is 3.48. The summed E-state index contributed by atoms with van der Waals surface area (Å²) >= 11 is 0. The van der Waals surface area contributed by atoms with Gasteiger partial charge in [0.05, 0.1) is 0 Å².